The molecule has 0 N–H and O–H groups in total. The van der Waals surface area contributed by atoms with E-state index in [4.69, 9.17) is 0 Å². The van der Waals surface area contributed by atoms with E-state index in [-0.39, 0.29) is 5.78 Å². The van der Waals surface area contributed by atoms with E-state index in [1.54, 1.807) is 11.3 Å². The van der Waals surface area contributed by atoms with Crippen LogP contribution in [0, 0.1) is 0 Å². The Morgan fingerprint density at radius 3 is 2.61 bits per heavy atom. The zero-order valence-electron chi connectivity index (χ0n) is 9.80. The van der Waals surface area contributed by atoms with E-state index in [9.17, 15) is 4.79 Å². The first kappa shape index (κ1) is 11.2. The van der Waals surface area contributed by atoms with Gasteiger partial charge in [0.25, 0.3) is 0 Å². The average Bonchev–Trinajstić information content (AvgIpc) is 2.87. The summed E-state index contributed by atoms with van der Waals surface area (Å²) < 4.78 is 1.10. The molecule has 18 heavy (non-hydrogen) atoms. The zero-order valence-corrected chi connectivity index (χ0v) is 10.6. The number of rotatable bonds is 3. The van der Waals surface area contributed by atoms with E-state index in [0.717, 1.165) is 21.2 Å². The number of benzene rings is 2. The monoisotopic (exact) mass is 252 g/mol. The van der Waals surface area contributed by atoms with E-state index >= 15 is 0 Å². The van der Waals surface area contributed by atoms with Gasteiger partial charge < -0.3 is 0 Å². The van der Waals surface area contributed by atoms with E-state index in [2.05, 4.69) is 6.07 Å². The number of ketones is 1. The minimum atomic E-state index is 0.189. The van der Waals surface area contributed by atoms with Crippen molar-refractivity contribution in [3.8, 4) is 0 Å². The number of carbonyl (C=O) groups excluding carboxylic acids is 1. The Morgan fingerprint density at radius 2 is 1.78 bits per heavy atom. The van der Waals surface area contributed by atoms with Gasteiger partial charge in [-0.3, -0.25) is 4.79 Å². The van der Waals surface area contributed by atoms with Crippen molar-refractivity contribution in [3.63, 3.8) is 0 Å². The minimum absolute atomic E-state index is 0.189. The maximum absolute atomic E-state index is 12.3. The van der Waals surface area contributed by atoms with Gasteiger partial charge in [0.05, 0.1) is 0 Å². The summed E-state index contributed by atoms with van der Waals surface area (Å²) in [5, 5.41) is 3.18. The van der Waals surface area contributed by atoms with Crippen LogP contribution in [0.2, 0.25) is 0 Å². The maximum Gasteiger partial charge on any atom is 0.168 e. The first-order valence-electron chi connectivity index (χ1n) is 5.88. The molecule has 88 valence electrons. The first-order valence-corrected chi connectivity index (χ1v) is 6.76. The molecule has 0 aliphatic heterocycles. The van der Waals surface area contributed by atoms with Crippen molar-refractivity contribution in [1.29, 1.82) is 0 Å². The molecule has 2 heteroatoms. The highest BCUT2D eigenvalue weighted by Crippen LogP contribution is 2.25. The molecule has 1 nitrogen and oxygen atoms in total. The largest absolute Gasteiger partial charge is 0.294 e. The van der Waals surface area contributed by atoms with Gasteiger partial charge in [-0.15, -0.1) is 11.3 Å². The highest BCUT2D eigenvalue weighted by Gasteiger charge is 2.11. The second-order valence-corrected chi connectivity index (χ2v) is 5.15. The van der Waals surface area contributed by atoms with Gasteiger partial charge in [-0.1, -0.05) is 42.5 Å². The highest BCUT2D eigenvalue weighted by atomic mass is 32.1. The van der Waals surface area contributed by atoms with E-state index < -0.39 is 0 Å². The summed E-state index contributed by atoms with van der Waals surface area (Å²) in [4.78, 5) is 12.3. The third kappa shape index (κ3) is 2.07. The predicted octanol–water partition coefficient (Wildman–Crippen LogP) is 4.33. The molecule has 0 bridgehead atoms. The Balaban J connectivity index is 1.95. The van der Waals surface area contributed by atoms with Crippen LogP contribution < -0.4 is 0 Å². The molecule has 0 radical (unpaired) electrons. The average molecular weight is 252 g/mol. The quantitative estimate of drug-likeness (QED) is 0.634. The lowest BCUT2D eigenvalue weighted by atomic mass is 10.0. The molecule has 3 rings (SSSR count). The standard InChI is InChI=1S/C16H12OS/c17-15(11-12-5-2-1-3-6-12)14-8-4-7-13-9-10-18-16(13)14/h1-10H,11H2. The smallest absolute Gasteiger partial charge is 0.168 e. The number of Topliss-reactive ketones (excluding diaryl/α,β-unsaturated/α-hetero) is 1. The minimum Gasteiger partial charge on any atom is -0.294 e. The fourth-order valence-corrected chi connectivity index (χ4v) is 3.02. The molecule has 0 aliphatic rings. The number of hydrogen-bond donors (Lipinski definition) is 0. The van der Waals surface area contributed by atoms with Crippen LogP contribution in [0.1, 0.15) is 15.9 Å². The van der Waals surface area contributed by atoms with Gasteiger partial charge in [-0.2, -0.15) is 0 Å². The molecule has 1 aromatic heterocycles. The van der Waals surface area contributed by atoms with Crippen molar-refractivity contribution in [2.24, 2.45) is 0 Å². The fraction of sp³-hybridized carbons (Fsp3) is 0.0625. The second kappa shape index (κ2) is 4.75. The molecule has 0 saturated heterocycles. The Labute approximate surface area is 110 Å². The molecular weight excluding hydrogens is 240 g/mol. The topological polar surface area (TPSA) is 17.1 Å². The van der Waals surface area contributed by atoms with Crippen LogP contribution in [0.3, 0.4) is 0 Å². The lowest BCUT2D eigenvalue weighted by Gasteiger charge is -2.03. The van der Waals surface area contributed by atoms with Crippen LogP contribution in [-0.4, -0.2) is 5.78 Å². The highest BCUT2D eigenvalue weighted by molar-refractivity contribution is 7.17. The van der Waals surface area contributed by atoms with Gasteiger partial charge in [0, 0.05) is 16.7 Å². The summed E-state index contributed by atoms with van der Waals surface area (Å²) in [5.41, 5.74) is 1.91. The first-order chi connectivity index (χ1) is 8.84. The summed E-state index contributed by atoms with van der Waals surface area (Å²) in [7, 11) is 0. The Hall–Kier alpha value is -1.93. The van der Waals surface area contributed by atoms with E-state index in [1.165, 1.54) is 0 Å². The SMILES string of the molecule is O=C(Cc1ccccc1)c1cccc2ccsc12. The molecule has 0 fully saturated rings. The predicted molar refractivity (Wildman–Crippen MR) is 76.3 cm³/mol. The normalized spacial score (nSPS) is 10.7. The van der Waals surface area contributed by atoms with Crippen molar-refractivity contribution in [2.75, 3.05) is 0 Å². The molecule has 0 aliphatic carbocycles. The molecule has 3 aromatic rings. The van der Waals surface area contributed by atoms with Crippen molar-refractivity contribution in [1.82, 2.24) is 0 Å². The molecule has 2 aromatic carbocycles. The molecule has 0 atom stereocenters. The summed E-state index contributed by atoms with van der Waals surface area (Å²) >= 11 is 1.63. The Kier molecular flexibility index (Phi) is 2.95. The van der Waals surface area contributed by atoms with Crippen LogP contribution in [0.4, 0.5) is 0 Å². The van der Waals surface area contributed by atoms with Crippen molar-refractivity contribution in [3.05, 3.63) is 71.1 Å². The number of hydrogen-bond acceptors (Lipinski definition) is 2. The zero-order chi connectivity index (χ0) is 12.4. The third-order valence-corrected chi connectivity index (χ3v) is 3.95. The molecule has 0 unspecified atom stereocenters. The van der Waals surface area contributed by atoms with Crippen LogP contribution in [0.25, 0.3) is 10.1 Å². The van der Waals surface area contributed by atoms with Crippen LogP contribution >= 0.6 is 11.3 Å². The van der Waals surface area contributed by atoms with Crippen molar-refractivity contribution >= 4 is 27.2 Å². The molecule has 1 heterocycles. The van der Waals surface area contributed by atoms with Gasteiger partial charge in [0.2, 0.25) is 0 Å². The lowest BCUT2D eigenvalue weighted by Crippen LogP contribution is -2.03. The van der Waals surface area contributed by atoms with E-state index in [0.29, 0.717) is 6.42 Å². The van der Waals surface area contributed by atoms with Gasteiger partial charge in [-0.05, 0) is 28.5 Å². The van der Waals surface area contributed by atoms with Gasteiger partial charge >= 0.3 is 0 Å². The van der Waals surface area contributed by atoms with Crippen molar-refractivity contribution < 1.29 is 4.79 Å². The lowest BCUT2D eigenvalue weighted by molar-refractivity contribution is 0.0994. The second-order valence-electron chi connectivity index (χ2n) is 4.23. The Bertz CT molecular complexity index is 682. The molecular formula is C16H12OS. The molecule has 0 saturated carbocycles. The van der Waals surface area contributed by atoms with Gasteiger partial charge in [-0.25, -0.2) is 0 Å². The summed E-state index contributed by atoms with van der Waals surface area (Å²) in [6.07, 6.45) is 0.470. The Morgan fingerprint density at radius 1 is 0.944 bits per heavy atom. The van der Waals surface area contributed by atoms with Gasteiger partial charge in [0.1, 0.15) is 0 Å². The van der Waals surface area contributed by atoms with E-state index in [1.807, 2.05) is 53.9 Å². The maximum atomic E-state index is 12.3. The number of thiophene rings is 1. The van der Waals surface area contributed by atoms with Crippen LogP contribution in [0.15, 0.2) is 60.0 Å². The summed E-state index contributed by atoms with van der Waals surface area (Å²) in [6, 6.07) is 17.9. The van der Waals surface area contributed by atoms with Gasteiger partial charge in [0.15, 0.2) is 5.78 Å². The molecule has 0 spiro atoms. The summed E-state index contributed by atoms with van der Waals surface area (Å²) in [5.74, 6) is 0.189. The summed E-state index contributed by atoms with van der Waals surface area (Å²) in [6.45, 7) is 0. The fourth-order valence-electron chi connectivity index (χ4n) is 2.09. The number of fused-ring (bicyclic) bond motifs is 1. The molecule has 0 amide bonds. The third-order valence-electron chi connectivity index (χ3n) is 2.99. The van der Waals surface area contributed by atoms with Crippen LogP contribution in [-0.2, 0) is 6.42 Å². The van der Waals surface area contributed by atoms with Crippen molar-refractivity contribution in [2.45, 2.75) is 6.42 Å². The number of carbonyl (C=O) groups is 1. The van der Waals surface area contributed by atoms with Crippen LogP contribution in [0.5, 0.6) is 0 Å².